The SMILES string of the molecule is Cc1nc(C)c([C@H](OC(C)(C)C)C(=O)O)c(N2CCC(C)(C)CC2)c1-c1ccc2c(c1)CCN(c1ccnc(N3C4CCCC3COC4)n1)C2. The molecule has 0 radical (unpaired) electrons. The standard InChI is InChI=1S/C40H54N6O4/c1-25-33(35(44-19-15-40(6,7)16-20-44)34(26(2)42-25)36(37(47)48)50-39(3,4)5)28-11-12-29-22-45(18-14-27(29)21-28)32-13-17-41-38(43-32)46-30-9-8-10-31(46)24-49-23-30/h11-13,17,21,30-31,36H,8-10,14-16,18-20,22-24H2,1-7H3,(H,47,48)/t30?,31?,36-/m0/s1. The Bertz CT molecular complexity index is 1720. The van der Waals surface area contributed by atoms with Crippen LogP contribution in [0, 0.1) is 19.3 Å². The Kier molecular flexibility index (Phi) is 9.30. The molecule has 4 aliphatic heterocycles. The van der Waals surface area contributed by atoms with Gasteiger partial charge in [0.15, 0.2) is 6.10 Å². The van der Waals surface area contributed by atoms with Gasteiger partial charge in [0.1, 0.15) is 5.82 Å². The summed E-state index contributed by atoms with van der Waals surface area (Å²) in [5, 5.41) is 10.6. The van der Waals surface area contributed by atoms with Crippen molar-refractivity contribution in [2.45, 2.75) is 117 Å². The molecule has 2 bridgehead atoms. The monoisotopic (exact) mass is 682 g/mol. The van der Waals surface area contributed by atoms with Crippen LogP contribution in [0.2, 0.25) is 0 Å². The third-order valence-corrected chi connectivity index (χ3v) is 11.1. The number of piperidine rings is 2. The number of hydrogen-bond donors (Lipinski definition) is 1. The zero-order valence-electron chi connectivity index (χ0n) is 31.0. The molecule has 0 amide bonds. The minimum atomic E-state index is -1.13. The first-order valence-corrected chi connectivity index (χ1v) is 18.5. The Balaban J connectivity index is 1.23. The maximum Gasteiger partial charge on any atom is 0.337 e. The molecule has 0 saturated carbocycles. The molecule has 3 atom stereocenters. The second-order valence-electron chi connectivity index (χ2n) is 16.6. The minimum absolute atomic E-state index is 0.241. The Hall–Kier alpha value is -3.76. The van der Waals surface area contributed by atoms with E-state index in [4.69, 9.17) is 24.4 Å². The van der Waals surface area contributed by atoms with Crippen LogP contribution in [-0.2, 0) is 27.2 Å². The molecule has 10 heteroatoms. The van der Waals surface area contributed by atoms with Crippen molar-refractivity contribution in [2.75, 3.05) is 47.5 Å². The Morgan fingerprint density at radius 3 is 2.38 bits per heavy atom. The third-order valence-electron chi connectivity index (χ3n) is 11.1. The second-order valence-corrected chi connectivity index (χ2v) is 16.6. The number of nitrogens with zero attached hydrogens (tertiary/aromatic N) is 6. The number of carboxylic acid groups (broad SMARTS) is 1. The lowest BCUT2D eigenvalue weighted by Gasteiger charge is -2.45. The number of morpholine rings is 1. The van der Waals surface area contributed by atoms with Crippen molar-refractivity contribution in [3.8, 4) is 11.1 Å². The highest BCUT2D eigenvalue weighted by Crippen LogP contribution is 2.45. The van der Waals surface area contributed by atoms with Crippen molar-refractivity contribution in [3.63, 3.8) is 0 Å². The number of aromatic nitrogens is 3. The maximum absolute atomic E-state index is 12.9. The molecule has 2 unspecified atom stereocenters. The summed E-state index contributed by atoms with van der Waals surface area (Å²) < 4.78 is 12.2. The number of anilines is 3. The number of aliphatic carboxylic acids is 1. The van der Waals surface area contributed by atoms with Crippen molar-refractivity contribution >= 4 is 23.4 Å². The first-order valence-electron chi connectivity index (χ1n) is 18.5. The predicted molar refractivity (Wildman–Crippen MR) is 197 cm³/mol. The van der Waals surface area contributed by atoms with E-state index in [-0.39, 0.29) is 5.41 Å². The van der Waals surface area contributed by atoms with Crippen LogP contribution < -0.4 is 14.7 Å². The average Bonchev–Trinajstić information content (AvgIpc) is 3.06. The molecule has 1 aromatic carbocycles. The molecular formula is C40H54N6O4. The Morgan fingerprint density at radius 1 is 0.980 bits per heavy atom. The lowest BCUT2D eigenvalue weighted by molar-refractivity contribution is -0.160. The summed E-state index contributed by atoms with van der Waals surface area (Å²) in [4.78, 5) is 34.9. The molecule has 3 fully saturated rings. The number of ether oxygens (including phenoxy) is 2. The van der Waals surface area contributed by atoms with Gasteiger partial charge >= 0.3 is 5.97 Å². The quantitative estimate of drug-likeness (QED) is 0.279. The van der Waals surface area contributed by atoms with E-state index in [0.29, 0.717) is 23.3 Å². The van der Waals surface area contributed by atoms with Crippen LogP contribution in [-0.4, -0.2) is 76.6 Å². The normalized spacial score (nSPS) is 22.7. The van der Waals surface area contributed by atoms with Crippen molar-refractivity contribution in [1.82, 2.24) is 15.0 Å². The van der Waals surface area contributed by atoms with Crippen LogP contribution in [0.3, 0.4) is 0 Å². The van der Waals surface area contributed by atoms with Crippen molar-refractivity contribution in [3.05, 3.63) is 58.5 Å². The topological polar surface area (TPSA) is 104 Å². The van der Waals surface area contributed by atoms with Gasteiger partial charge in [0.05, 0.1) is 36.6 Å². The van der Waals surface area contributed by atoms with E-state index < -0.39 is 17.7 Å². The number of hydrogen-bond acceptors (Lipinski definition) is 9. The summed E-state index contributed by atoms with van der Waals surface area (Å²) in [7, 11) is 0. The van der Waals surface area contributed by atoms with Crippen LogP contribution in [0.4, 0.5) is 17.5 Å². The summed E-state index contributed by atoms with van der Waals surface area (Å²) in [6, 6.07) is 9.49. The Morgan fingerprint density at radius 2 is 1.70 bits per heavy atom. The van der Waals surface area contributed by atoms with Crippen molar-refractivity contribution in [2.24, 2.45) is 5.41 Å². The fourth-order valence-corrected chi connectivity index (χ4v) is 8.46. The number of pyridine rings is 1. The summed E-state index contributed by atoms with van der Waals surface area (Å²) in [6.07, 6.45) is 7.20. The van der Waals surface area contributed by atoms with Gasteiger partial charge in [0.2, 0.25) is 5.95 Å². The highest BCUT2D eigenvalue weighted by molar-refractivity contribution is 5.88. The van der Waals surface area contributed by atoms with Crippen molar-refractivity contribution in [1.29, 1.82) is 0 Å². The fourth-order valence-electron chi connectivity index (χ4n) is 8.46. The van der Waals surface area contributed by atoms with Gasteiger partial charge in [-0.3, -0.25) is 4.98 Å². The maximum atomic E-state index is 12.9. The number of fused-ring (bicyclic) bond motifs is 3. The van der Waals surface area contributed by atoms with E-state index in [1.54, 1.807) is 0 Å². The molecule has 4 aliphatic rings. The summed E-state index contributed by atoms with van der Waals surface area (Å²) in [5.74, 6) is 0.795. The van der Waals surface area contributed by atoms with E-state index in [9.17, 15) is 9.90 Å². The Labute approximate surface area is 297 Å². The summed E-state index contributed by atoms with van der Waals surface area (Å²) >= 11 is 0. The van der Waals surface area contributed by atoms with Crippen LogP contribution in [0.15, 0.2) is 30.5 Å². The molecule has 268 valence electrons. The zero-order valence-corrected chi connectivity index (χ0v) is 31.0. The first-order chi connectivity index (χ1) is 23.8. The van der Waals surface area contributed by atoms with Gasteiger partial charge < -0.3 is 29.3 Å². The van der Waals surface area contributed by atoms with Gasteiger partial charge in [0.25, 0.3) is 0 Å². The average molecular weight is 683 g/mol. The zero-order chi connectivity index (χ0) is 35.4. The molecule has 6 heterocycles. The summed E-state index contributed by atoms with van der Waals surface area (Å²) in [5.41, 5.74) is 7.51. The molecule has 10 nitrogen and oxygen atoms in total. The van der Waals surface area contributed by atoms with Crippen LogP contribution in [0.5, 0.6) is 0 Å². The molecular weight excluding hydrogens is 628 g/mol. The van der Waals surface area contributed by atoms with Gasteiger partial charge in [-0.1, -0.05) is 32.0 Å². The molecule has 7 rings (SSSR count). The molecule has 0 aliphatic carbocycles. The van der Waals surface area contributed by atoms with E-state index in [1.807, 2.05) is 40.0 Å². The fraction of sp³-hybridized carbons (Fsp3) is 0.600. The van der Waals surface area contributed by atoms with E-state index >= 15 is 0 Å². The van der Waals surface area contributed by atoms with Crippen LogP contribution in [0.1, 0.15) is 101 Å². The predicted octanol–water partition coefficient (Wildman–Crippen LogP) is 7.04. The van der Waals surface area contributed by atoms with E-state index in [0.717, 1.165) is 106 Å². The summed E-state index contributed by atoms with van der Waals surface area (Å²) in [6.45, 7) is 19.2. The highest BCUT2D eigenvalue weighted by atomic mass is 16.5. The van der Waals surface area contributed by atoms with Gasteiger partial charge in [-0.05, 0) is 101 Å². The van der Waals surface area contributed by atoms with Crippen LogP contribution >= 0.6 is 0 Å². The number of carbonyl (C=O) groups is 1. The molecule has 0 spiro atoms. The number of benzene rings is 1. The first kappa shape index (κ1) is 34.7. The van der Waals surface area contributed by atoms with Gasteiger partial charge in [-0.2, -0.15) is 4.98 Å². The van der Waals surface area contributed by atoms with E-state index in [2.05, 4.69) is 53.7 Å². The molecule has 3 aromatic rings. The lowest BCUT2D eigenvalue weighted by Crippen LogP contribution is -2.55. The molecule has 3 saturated heterocycles. The smallest absolute Gasteiger partial charge is 0.337 e. The number of aryl methyl sites for hydroxylation is 2. The number of carboxylic acids is 1. The lowest BCUT2D eigenvalue weighted by atomic mass is 9.81. The van der Waals surface area contributed by atoms with Crippen molar-refractivity contribution < 1.29 is 19.4 Å². The molecule has 1 N–H and O–H groups in total. The largest absolute Gasteiger partial charge is 0.479 e. The minimum Gasteiger partial charge on any atom is -0.479 e. The number of rotatable bonds is 7. The molecule has 50 heavy (non-hydrogen) atoms. The van der Waals surface area contributed by atoms with E-state index in [1.165, 1.54) is 17.5 Å². The molecule has 2 aromatic heterocycles. The third kappa shape index (κ3) is 6.93. The highest BCUT2D eigenvalue weighted by Gasteiger charge is 2.38. The second kappa shape index (κ2) is 13.4. The van der Waals surface area contributed by atoms with Gasteiger partial charge in [-0.15, -0.1) is 0 Å². The van der Waals surface area contributed by atoms with Gasteiger partial charge in [0, 0.05) is 54.9 Å². The van der Waals surface area contributed by atoms with Gasteiger partial charge in [-0.25, -0.2) is 9.78 Å². The van der Waals surface area contributed by atoms with Crippen LogP contribution in [0.25, 0.3) is 11.1 Å².